The molecule has 0 radical (unpaired) electrons. The highest BCUT2D eigenvalue weighted by Gasteiger charge is 2.74. The first-order valence-electron chi connectivity index (χ1n) is 14.3. The molecule has 4 aliphatic carbocycles. The Kier molecular flexibility index (Phi) is 7.54. The largest absolute Gasteiger partial charge is 0.395 e. The monoisotopic (exact) mass is 530 g/mol. The lowest BCUT2D eigenvalue weighted by atomic mass is 9.46. The molecular weight excluding hydrogens is 484 g/mol. The fraction of sp³-hybridized carbons (Fsp3) is 0.793. The van der Waals surface area contributed by atoms with E-state index in [-0.39, 0.29) is 36.3 Å². The summed E-state index contributed by atoms with van der Waals surface area (Å²) in [6, 6.07) is 0. The SMILES string of the molecule is CC1O[C@@H]2C[C@H]3[C@@H]4CCC5=C/C(=N/OCCCCN)C=C[C@]5(C)[C@H]4[C@@H](O)C[C@]3(C)[C@]2(/C(CO)=N/N(C)C)O1. The van der Waals surface area contributed by atoms with Crippen molar-refractivity contribution in [2.75, 3.05) is 33.9 Å². The number of unbranched alkanes of at least 4 members (excludes halogenated alkanes) is 1. The van der Waals surface area contributed by atoms with Crippen LogP contribution in [0.2, 0.25) is 0 Å². The Labute approximate surface area is 226 Å². The first-order chi connectivity index (χ1) is 18.1. The van der Waals surface area contributed by atoms with Crippen molar-refractivity contribution in [1.82, 2.24) is 5.01 Å². The smallest absolute Gasteiger partial charge is 0.156 e. The number of aliphatic hydroxyl groups excluding tert-OH is 2. The third-order valence-corrected chi connectivity index (χ3v) is 10.1. The van der Waals surface area contributed by atoms with Gasteiger partial charge in [0.05, 0.1) is 24.5 Å². The van der Waals surface area contributed by atoms with Crippen LogP contribution in [-0.4, -0.2) is 84.6 Å². The Morgan fingerprint density at radius 3 is 2.79 bits per heavy atom. The quantitative estimate of drug-likeness (QED) is 0.251. The van der Waals surface area contributed by atoms with E-state index in [2.05, 4.69) is 31.2 Å². The minimum absolute atomic E-state index is 0.0838. The maximum atomic E-state index is 11.9. The van der Waals surface area contributed by atoms with Crippen molar-refractivity contribution in [2.45, 2.75) is 83.4 Å². The lowest BCUT2D eigenvalue weighted by Gasteiger charge is -2.60. The number of hydrogen-bond donors (Lipinski definition) is 3. The van der Waals surface area contributed by atoms with Crippen LogP contribution >= 0.6 is 0 Å². The number of nitrogens with two attached hydrogens (primary N) is 1. The zero-order chi connectivity index (χ0) is 27.3. The third-order valence-electron chi connectivity index (χ3n) is 10.1. The summed E-state index contributed by atoms with van der Waals surface area (Å²) in [6.07, 6.45) is 10.5. The van der Waals surface area contributed by atoms with E-state index >= 15 is 0 Å². The van der Waals surface area contributed by atoms with Gasteiger partial charge in [0, 0.05) is 30.8 Å². The van der Waals surface area contributed by atoms with E-state index in [1.165, 1.54) is 5.57 Å². The van der Waals surface area contributed by atoms with Gasteiger partial charge in [0.2, 0.25) is 0 Å². The Morgan fingerprint density at radius 2 is 2.08 bits per heavy atom. The van der Waals surface area contributed by atoms with Gasteiger partial charge in [0.25, 0.3) is 0 Å². The molecular formula is C29H46N4O5. The highest BCUT2D eigenvalue weighted by atomic mass is 16.7. The van der Waals surface area contributed by atoms with Crippen LogP contribution in [0.15, 0.2) is 34.1 Å². The molecule has 0 aromatic carbocycles. The molecule has 9 heteroatoms. The van der Waals surface area contributed by atoms with Gasteiger partial charge >= 0.3 is 0 Å². The molecule has 1 heterocycles. The van der Waals surface area contributed by atoms with Gasteiger partial charge in [0.1, 0.15) is 17.9 Å². The predicted octanol–water partition coefficient (Wildman–Crippen LogP) is 2.83. The second-order valence-electron chi connectivity index (χ2n) is 12.5. The number of rotatable bonds is 8. The summed E-state index contributed by atoms with van der Waals surface area (Å²) >= 11 is 0. The van der Waals surface area contributed by atoms with Gasteiger partial charge in [-0.3, -0.25) is 0 Å². The summed E-state index contributed by atoms with van der Waals surface area (Å²) in [6.45, 7) is 7.44. The normalized spacial score (nSPS) is 44.8. The van der Waals surface area contributed by atoms with Crippen LogP contribution < -0.4 is 5.73 Å². The molecule has 4 fully saturated rings. The van der Waals surface area contributed by atoms with Crippen molar-refractivity contribution in [1.29, 1.82) is 0 Å². The van der Waals surface area contributed by atoms with Gasteiger partial charge in [-0.1, -0.05) is 30.7 Å². The van der Waals surface area contributed by atoms with Crippen LogP contribution in [0.1, 0.15) is 59.3 Å². The van der Waals surface area contributed by atoms with E-state index in [9.17, 15) is 10.2 Å². The lowest BCUT2D eigenvalue weighted by molar-refractivity contribution is -0.171. The Morgan fingerprint density at radius 1 is 1.29 bits per heavy atom. The summed E-state index contributed by atoms with van der Waals surface area (Å²) in [7, 11) is 3.71. The summed E-state index contributed by atoms with van der Waals surface area (Å²) in [5.41, 5.74) is 6.78. The van der Waals surface area contributed by atoms with E-state index in [4.69, 9.17) is 25.1 Å². The van der Waals surface area contributed by atoms with E-state index in [0.717, 1.165) is 37.8 Å². The van der Waals surface area contributed by atoms with Crippen molar-refractivity contribution in [3.05, 3.63) is 23.8 Å². The minimum Gasteiger partial charge on any atom is -0.395 e. The number of aliphatic hydroxyl groups is 2. The molecule has 0 aromatic rings. The maximum Gasteiger partial charge on any atom is 0.156 e. The van der Waals surface area contributed by atoms with Crippen molar-refractivity contribution in [2.24, 2.45) is 44.6 Å². The molecule has 1 saturated heterocycles. The number of oxime groups is 1. The number of ether oxygens (including phenoxy) is 2. The van der Waals surface area contributed by atoms with Crippen molar-refractivity contribution >= 4 is 11.4 Å². The van der Waals surface area contributed by atoms with Crippen LogP contribution in [0.25, 0.3) is 0 Å². The molecule has 5 aliphatic rings. The van der Waals surface area contributed by atoms with Gasteiger partial charge in [-0.05, 0) is 76.0 Å². The molecule has 4 N–H and O–H groups in total. The fourth-order valence-electron chi connectivity index (χ4n) is 8.73. The van der Waals surface area contributed by atoms with E-state index in [0.29, 0.717) is 31.2 Å². The minimum atomic E-state index is -0.859. The summed E-state index contributed by atoms with van der Waals surface area (Å²) in [5.74, 6) is 0.659. The number of hydrazone groups is 1. The molecule has 0 amide bonds. The van der Waals surface area contributed by atoms with Crippen molar-refractivity contribution in [3.63, 3.8) is 0 Å². The first-order valence-corrected chi connectivity index (χ1v) is 14.3. The molecule has 9 nitrogen and oxygen atoms in total. The molecule has 9 atom stereocenters. The van der Waals surface area contributed by atoms with Crippen LogP contribution in [0.5, 0.6) is 0 Å². The number of fused-ring (bicyclic) bond motifs is 7. The summed E-state index contributed by atoms with van der Waals surface area (Å²) in [4.78, 5) is 5.53. The average molecular weight is 531 g/mol. The van der Waals surface area contributed by atoms with Crippen molar-refractivity contribution in [3.8, 4) is 0 Å². The molecule has 0 bridgehead atoms. The summed E-state index contributed by atoms with van der Waals surface area (Å²) < 4.78 is 13.0. The molecule has 0 spiro atoms. The molecule has 212 valence electrons. The Balaban J connectivity index is 1.45. The second-order valence-corrected chi connectivity index (χ2v) is 12.5. The maximum absolute atomic E-state index is 11.9. The van der Waals surface area contributed by atoms with Crippen LogP contribution in [0.4, 0.5) is 0 Å². The van der Waals surface area contributed by atoms with Gasteiger partial charge in [-0.25, -0.2) is 0 Å². The number of allylic oxidation sites excluding steroid dienone is 4. The Hall–Kier alpha value is -1.78. The zero-order valence-electron chi connectivity index (χ0n) is 23.6. The molecule has 1 aliphatic heterocycles. The van der Waals surface area contributed by atoms with E-state index in [1.54, 1.807) is 5.01 Å². The van der Waals surface area contributed by atoms with E-state index < -0.39 is 17.1 Å². The third kappa shape index (κ3) is 4.17. The van der Waals surface area contributed by atoms with Gasteiger partial charge in [-0.2, -0.15) is 5.10 Å². The van der Waals surface area contributed by atoms with Crippen molar-refractivity contribution < 1.29 is 24.5 Å². The van der Waals surface area contributed by atoms with Gasteiger partial charge < -0.3 is 35.3 Å². The van der Waals surface area contributed by atoms with Crippen LogP contribution in [0.3, 0.4) is 0 Å². The second kappa shape index (κ2) is 10.3. The standard InChI is InChI=1S/C29H46N4O5/c1-18-37-25-15-22-21-9-8-19-14-20(32-36-13-7-6-12-30)10-11-27(19,2)26(21)23(35)16-28(22,3)29(25,38-18)24(17-34)31-33(4)5/h10-11,14,18,21-23,25-26,34-35H,6-9,12-13,15-17,30H2,1-5H3/b31-24+,32-20+/t18?,21-,22-,23-,25+,26+,27-,28-,29+/m0/s1. The lowest BCUT2D eigenvalue weighted by Crippen LogP contribution is -2.63. The highest BCUT2D eigenvalue weighted by molar-refractivity contribution is 6.05. The van der Waals surface area contributed by atoms with Gasteiger partial charge in [0.15, 0.2) is 6.29 Å². The molecule has 5 rings (SSSR count). The topological polar surface area (TPSA) is 122 Å². The average Bonchev–Trinajstić information content (AvgIpc) is 3.32. The fourth-order valence-corrected chi connectivity index (χ4v) is 8.73. The van der Waals surface area contributed by atoms with Crippen LogP contribution in [0, 0.1) is 28.6 Å². The van der Waals surface area contributed by atoms with E-state index in [1.807, 2.05) is 27.1 Å². The predicted molar refractivity (Wildman–Crippen MR) is 146 cm³/mol. The zero-order valence-corrected chi connectivity index (χ0v) is 23.6. The molecule has 0 aromatic heterocycles. The molecule has 1 unspecified atom stereocenters. The first kappa shape index (κ1) is 27.8. The van der Waals surface area contributed by atoms with Gasteiger partial charge in [-0.15, -0.1) is 0 Å². The van der Waals surface area contributed by atoms with Crippen LogP contribution in [-0.2, 0) is 14.3 Å². The highest BCUT2D eigenvalue weighted by Crippen LogP contribution is 2.69. The Bertz CT molecular complexity index is 1030. The summed E-state index contributed by atoms with van der Waals surface area (Å²) in [5, 5.41) is 33.2. The molecule has 3 saturated carbocycles. The number of hydrogen-bond acceptors (Lipinski definition) is 9. The number of nitrogens with zero attached hydrogens (tertiary/aromatic N) is 3. The molecule has 38 heavy (non-hydrogen) atoms.